The molecule has 0 aliphatic carbocycles. The summed E-state index contributed by atoms with van der Waals surface area (Å²) in [5, 5.41) is 17.1. The first kappa shape index (κ1) is 17.5. The van der Waals surface area contributed by atoms with E-state index in [9.17, 15) is 18.7 Å². The fraction of sp³-hybridized carbons (Fsp3) is 0.176. The minimum atomic E-state index is -2.81. The highest BCUT2D eigenvalue weighted by Crippen LogP contribution is 2.36. The van der Waals surface area contributed by atoms with Crippen molar-refractivity contribution in [2.45, 2.75) is 13.3 Å². The molecular formula is C17H13F2N3O4. The van der Waals surface area contributed by atoms with Crippen molar-refractivity contribution in [2.24, 2.45) is 0 Å². The van der Waals surface area contributed by atoms with E-state index in [4.69, 9.17) is 9.15 Å². The Kier molecular flexibility index (Phi) is 4.61. The van der Waals surface area contributed by atoms with Crippen molar-refractivity contribution < 1.29 is 27.8 Å². The predicted octanol–water partition coefficient (Wildman–Crippen LogP) is 3.75. The summed E-state index contributed by atoms with van der Waals surface area (Å²) in [6.07, 6.45) is -1.68. The lowest BCUT2D eigenvalue weighted by Gasteiger charge is -2.13. The number of aromatic nitrogens is 3. The van der Waals surface area contributed by atoms with Gasteiger partial charge in [-0.1, -0.05) is 0 Å². The summed E-state index contributed by atoms with van der Waals surface area (Å²) in [6, 6.07) is 5.42. The molecule has 26 heavy (non-hydrogen) atoms. The van der Waals surface area contributed by atoms with Crippen LogP contribution in [0, 0.1) is 6.92 Å². The highest BCUT2D eigenvalue weighted by atomic mass is 19.3. The van der Waals surface area contributed by atoms with Gasteiger partial charge in [0.2, 0.25) is 11.8 Å². The van der Waals surface area contributed by atoms with Crippen molar-refractivity contribution in [1.82, 2.24) is 15.2 Å². The third-order valence-corrected chi connectivity index (χ3v) is 3.65. The van der Waals surface area contributed by atoms with Crippen molar-refractivity contribution in [2.75, 3.05) is 7.11 Å². The van der Waals surface area contributed by atoms with Gasteiger partial charge >= 0.3 is 5.97 Å². The second-order valence-electron chi connectivity index (χ2n) is 5.30. The maximum absolute atomic E-state index is 13.1. The number of nitrogens with zero attached hydrogens (tertiary/aromatic N) is 3. The monoisotopic (exact) mass is 361 g/mol. The molecule has 0 radical (unpaired) electrons. The Morgan fingerprint density at radius 2 is 2.00 bits per heavy atom. The van der Waals surface area contributed by atoms with Crippen molar-refractivity contribution in [3.63, 3.8) is 0 Å². The molecule has 2 heterocycles. The number of hydrogen-bond donors (Lipinski definition) is 1. The van der Waals surface area contributed by atoms with Crippen LogP contribution in [0.3, 0.4) is 0 Å². The molecular weight excluding hydrogens is 348 g/mol. The van der Waals surface area contributed by atoms with Crippen molar-refractivity contribution in [3.8, 4) is 28.3 Å². The molecule has 0 amide bonds. The third-order valence-electron chi connectivity index (χ3n) is 3.65. The summed E-state index contributed by atoms with van der Waals surface area (Å²) >= 11 is 0. The van der Waals surface area contributed by atoms with Crippen LogP contribution in [0.5, 0.6) is 5.75 Å². The Balaban J connectivity index is 2.25. The van der Waals surface area contributed by atoms with E-state index in [0.29, 0.717) is 11.5 Å². The van der Waals surface area contributed by atoms with Gasteiger partial charge < -0.3 is 14.3 Å². The molecule has 0 atom stereocenters. The topological polar surface area (TPSA) is 98.3 Å². The number of hydrogen-bond acceptors (Lipinski definition) is 6. The number of benzene rings is 1. The molecule has 0 saturated heterocycles. The van der Waals surface area contributed by atoms with E-state index in [1.165, 1.54) is 25.3 Å². The fourth-order valence-corrected chi connectivity index (χ4v) is 2.45. The summed E-state index contributed by atoms with van der Waals surface area (Å²) in [5.74, 6) is -0.533. The van der Waals surface area contributed by atoms with Crippen LogP contribution >= 0.6 is 0 Å². The van der Waals surface area contributed by atoms with Gasteiger partial charge in [-0.3, -0.25) is 4.98 Å². The van der Waals surface area contributed by atoms with E-state index in [-0.39, 0.29) is 28.3 Å². The van der Waals surface area contributed by atoms with Gasteiger partial charge in [-0.05, 0) is 24.3 Å². The molecule has 0 aliphatic rings. The zero-order valence-corrected chi connectivity index (χ0v) is 13.7. The SMILES string of the molecule is COc1cnc(C(F)F)cc1-c1cc(-c2nnc(C)o2)ccc1C(=O)O. The Morgan fingerprint density at radius 3 is 2.58 bits per heavy atom. The second kappa shape index (κ2) is 6.87. The molecule has 1 N–H and O–H groups in total. The molecule has 7 nitrogen and oxygen atoms in total. The highest BCUT2D eigenvalue weighted by Gasteiger charge is 2.20. The lowest BCUT2D eigenvalue weighted by atomic mass is 9.96. The number of alkyl halides is 2. The van der Waals surface area contributed by atoms with Gasteiger partial charge in [0.15, 0.2) is 0 Å². The number of carboxylic acid groups (broad SMARTS) is 1. The molecule has 3 rings (SSSR count). The molecule has 0 aliphatic heterocycles. The first-order valence-corrected chi connectivity index (χ1v) is 7.41. The van der Waals surface area contributed by atoms with Crippen LogP contribution in [-0.4, -0.2) is 33.4 Å². The van der Waals surface area contributed by atoms with Crippen LogP contribution in [0.1, 0.15) is 28.4 Å². The first-order valence-electron chi connectivity index (χ1n) is 7.41. The summed E-state index contributed by atoms with van der Waals surface area (Å²) in [6.45, 7) is 1.61. The van der Waals surface area contributed by atoms with Gasteiger partial charge in [-0.2, -0.15) is 0 Å². The van der Waals surface area contributed by atoms with E-state index in [0.717, 1.165) is 12.3 Å². The maximum atomic E-state index is 13.1. The van der Waals surface area contributed by atoms with Crippen LogP contribution < -0.4 is 4.74 Å². The summed E-state index contributed by atoms with van der Waals surface area (Å²) in [5.41, 5.74) is 0.217. The van der Waals surface area contributed by atoms with Gasteiger partial charge in [-0.15, -0.1) is 10.2 Å². The number of halogens is 2. The van der Waals surface area contributed by atoms with E-state index in [1.807, 2.05) is 0 Å². The van der Waals surface area contributed by atoms with Gasteiger partial charge in [0.05, 0.1) is 18.9 Å². The fourth-order valence-electron chi connectivity index (χ4n) is 2.45. The number of rotatable bonds is 5. The van der Waals surface area contributed by atoms with Crippen molar-refractivity contribution in [3.05, 3.63) is 47.6 Å². The maximum Gasteiger partial charge on any atom is 0.336 e. The molecule has 9 heteroatoms. The average Bonchev–Trinajstić information content (AvgIpc) is 3.06. The van der Waals surface area contributed by atoms with Gasteiger partial charge in [-0.25, -0.2) is 13.6 Å². The normalized spacial score (nSPS) is 11.0. The molecule has 1 aromatic carbocycles. The van der Waals surface area contributed by atoms with E-state index < -0.39 is 18.1 Å². The molecule has 0 fully saturated rings. The number of pyridine rings is 1. The summed E-state index contributed by atoms with van der Waals surface area (Å²) in [4.78, 5) is 15.2. The van der Waals surface area contributed by atoms with Gasteiger partial charge in [0.1, 0.15) is 11.4 Å². The molecule has 0 spiro atoms. The Morgan fingerprint density at radius 1 is 1.23 bits per heavy atom. The lowest BCUT2D eigenvalue weighted by Crippen LogP contribution is -2.02. The number of ether oxygens (including phenoxy) is 1. The molecule has 0 saturated carbocycles. The number of carbonyl (C=O) groups is 1. The van der Waals surface area contributed by atoms with Crippen LogP contribution in [0.25, 0.3) is 22.6 Å². The van der Waals surface area contributed by atoms with Crippen LogP contribution in [0.4, 0.5) is 8.78 Å². The average molecular weight is 361 g/mol. The predicted molar refractivity (Wildman–Crippen MR) is 86.2 cm³/mol. The minimum Gasteiger partial charge on any atom is -0.494 e. The summed E-state index contributed by atoms with van der Waals surface area (Å²) in [7, 11) is 1.34. The minimum absolute atomic E-state index is 0.0882. The zero-order valence-electron chi connectivity index (χ0n) is 13.7. The van der Waals surface area contributed by atoms with E-state index in [1.54, 1.807) is 6.92 Å². The van der Waals surface area contributed by atoms with Crippen LogP contribution in [-0.2, 0) is 0 Å². The Bertz CT molecular complexity index is 972. The standard InChI is InChI=1S/C17H13F2N3O4/c1-8-21-22-16(26-8)9-3-4-10(17(23)24)11(5-9)12-6-13(15(18)19)20-7-14(12)25-2/h3-7,15H,1-2H3,(H,23,24). The largest absolute Gasteiger partial charge is 0.494 e. The number of carboxylic acids is 1. The molecule has 0 bridgehead atoms. The van der Waals surface area contributed by atoms with E-state index in [2.05, 4.69) is 15.2 Å². The number of methoxy groups -OCH3 is 1. The zero-order chi connectivity index (χ0) is 18.8. The Labute approximate surface area is 146 Å². The summed E-state index contributed by atoms with van der Waals surface area (Å²) < 4.78 is 36.6. The highest BCUT2D eigenvalue weighted by molar-refractivity contribution is 5.98. The van der Waals surface area contributed by atoms with E-state index >= 15 is 0 Å². The van der Waals surface area contributed by atoms with Gasteiger partial charge in [0.25, 0.3) is 6.43 Å². The van der Waals surface area contributed by atoms with Gasteiger partial charge in [0, 0.05) is 23.6 Å². The first-order chi connectivity index (χ1) is 12.4. The van der Waals surface area contributed by atoms with Crippen molar-refractivity contribution in [1.29, 1.82) is 0 Å². The molecule has 0 unspecified atom stereocenters. The Hall–Kier alpha value is -3.36. The lowest BCUT2D eigenvalue weighted by molar-refractivity contribution is 0.0697. The molecule has 3 aromatic rings. The van der Waals surface area contributed by atoms with Crippen LogP contribution in [0.15, 0.2) is 34.9 Å². The van der Waals surface area contributed by atoms with Crippen LogP contribution in [0.2, 0.25) is 0 Å². The smallest absolute Gasteiger partial charge is 0.336 e. The number of aryl methyl sites for hydroxylation is 1. The second-order valence-corrected chi connectivity index (χ2v) is 5.30. The third kappa shape index (κ3) is 3.23. The van der Waals surface area contributed by atoms with Crippen molar-refractivity contribution >= 4 is 5.97 Å². The molecule has 2 aromatic heterocycles. The molecule has 134 valence electrons. The number of aromatic carboxylic acids is 1. The quantitative estimate of drug-likeness (QED) is 0.739.